The van der Waals surface area contributed by atoms with E-state index in [-0.39, 0.29) is 10.8 Å². The third-order valence-electron chi connectivity index (χ3n) is 2.89. The Morgan fingerprint density at radius 2 is 2.21 bits per heavy atom. The van der Waals surface area contributed by atoms with Gasteiger partial charge in [0.1, 0.15) is 5.82 Å². The molecule has 14 heavy (non-hydrogen) atoms. The highest BCUT2D eigenvalue weighted by Crippen LogP contribution is 2.30. The van der Waals surface area contributed by atoms with Crippen LogP contribution in [0.2, 0.25) is 5.02 Å². The monoisotopic (exact) mass is 213 g/mol. The molecule has 2 rings (SSSR count). The Labute approximate surface area is 88.3 Å². The van der Waals surface area contributed by atoms with Crippen LogP contribution in [0.1, 0.15) is 19.8 Å². The molecule has 0 heterocycles. The maximum absolute atomic E-state index is 12.8. The molecule has 0 radical (unpaired) electrons. The fourth-order valence-corrected chi connectivity index (χ4v) is 1.86. The molecule has 1 saturated carbocycles. The summed E-state index contributed by atoms with van der Waals surface area (Å²) in [4.78, 5) is 0. The highest BCUT2D eigenvalue weighted by Gasteiger charge is 2.26. The van der Waals surface area contributed by atoms with Gasteiger partial charge in [-0.3, -0.25) is 0 Å². The number of hydrogen-bond donors (Lipinski definition) is 1. The fraction of sp³-hybridized carbons (Fsp3) is 0.455. The summed E-state index contributed by atoms with van der Waals surface area (Å²) in [5.74, 6) is 0.345. The third kappa shape index (κ3) is 1.85. The molecule has 2 atom stereocenters. The second-order valence-corrected chi connectivity index (χ2v) is 4.34. The number of rotatable bonds is 2. The van der Waals surface area contributed by atoms with Crippen molar-refractivity contribution in [1.29, 1.82) is 0 Å². The Morgan fingerprint density at radius 1 is 1.43 bits per heavy atom. The summed E-state index contributed by atoms with van der Waals surface area (Å²) in [5.41, 5.74) is 0.910. The molecule has 1 aromatic rings. The van der Waals surface area contributed by atoms with E-state index in [9.17, 15) is 4.39 Å². The van der Waals surface area contributed by atoms with E-state index in [0.29, 0.717) is 12.0 Å². The number of nitrogens with one attached hydrogen (secondary N) is 1. The molecule has 3 heteroatoms. The largest absolute Gasteiger partial charge is 0.382 e. The van der Waals surface area contributed by atoms with E-state index in [2.05, 4.69) is 12.2 Å². The summed E-state index contributed by atoms with van der Waals surface area (Å²) in [7, 11) is 0. The van der Waals surface area contributed by atoms with Crippen molar-refractivity contribution < 1.29 is 4.39 Å². The van der Waals surface area contributed by atoms with Gasteiger partial charge < -0.3 is 5.32 Å². The lowest BCUT2D eigenvalue weighted by atomic mass is 9.81. The van der Waals surface area contributed by atoms with E-state index in [4.69, 9.17) is 11.6 Å². The minimum atomic E-state index is -0.362. The number of halogens is 2. The Morgan fingerprint density at radius 3 is 2.71 bits per heavy atom. The summed E-state index contributed by atoms with van der Waals surface area (Å²) in [6.07, 6.45) is 2.46. The Kier molecular flexibility index (Phi) is 2.64. The van der Waals surface area contributed by atoms with Gasteiger partial charge in [-0.1, -0.05) is 18.5 Å². The van der Waals surface area contributed by atoms with Crippen LogP contribution in [0.15, 0.2) is 18.2 Å². The third-order valence-corrected chi connectivity index (χ3v) is 3.18. The summed E-state index contributed by atoms with van der Waals surface area (Å²) < 4.78 is 12.8. The van der Waals surface area contributed by atoms with Gasteiger partial charge in [-0.05, 0) is 37.0 Å². The fourth-order valence-electron chi connectivity index (χ4n) is 1.68. The molecule has 0 aromatic heterocycles. The molecular weight excluding hydrogens is 201 g/mol. The average molecular weight is 214 g/mol. The van der Waals surface area contributed by atoms with Crippen LogP contribution in [0.5, 0.6) is 0 Å². The summed E-state index contributed by atoms with van der Waals surface area (Å²) >= 11 is 5.68. The predicted octanol–water partition coefficient (Wildman–Crippen LogP) is 3.69. The zero-order valence-electron chi connectivity index (χ0n) is 8.06. The predicted molar refractivity (Wildman–Crippen MR) is 57.2 cm³/mol. The average Bonchev–Trinajstić information content (AvgIpc) is 2.17. The lowest BCUT2D eigenvalue weighted by Crippen LogP contribution is -2.36. The van der Waals surface area contributed by atoms with E-state index in [1.165, 1.54) is 18.9 Å². The second-order valence-electron chi connectivity index (χ2n) is 3.93. The molecule has 0 amide bonds. The number of anilines is 1. The van der Waals surface area contributed by atoms with Gasteiger partial charge >= 0.3 is 0 Å². The van der Waals surface area contributed by atoms with E-state index < -0.39 is 0 Å². The van der Waals surface area contributed by atoms with Gasteiger partial charge in [0.25, 0.3) is 0 Å². The van der Waals surface area contributed by atoms with Crippen LogP contribution >= 0.6 is 11.6 Å². The van der Waals surface area contributed by atoms with Gasteiger partial charge in [-0.15, -0.1) is 0 Å². The molecule has 0 spiro atoms. The molecule has 0 bridgehead atoms. The van der Waals surface area contributed by atoms with Crippen LogP contribution < -0.4 is 5.32 Å². The van der Waals surface area contributed by atoms with Gasteiger partial charge in [-0.2, -0.15) is 0 Å². The second kappa shape index (κ2) is 3.77. The van der Waals surface area contributed by atoms with Crippen molar-refractivity contribution in [2.45, 2.75) is 25.8 Å². The molecule has 1 fully saturated rings. The summed E-state index contributed by atoms with van der Waals surface area (Å²) in [6, 6.07) is 5.29. The molecule has 76 valence electrons. The van der Waals surface area contributed by atoms with Crippen molar-refractivity contribution in [1.82, 2.24) is 0 Å². The first-order valence-electron chi connectivity index (χ1n) is 4.88. The highest BCUT2D eigenvalue weighted by molar-refractivity contribution is 6.31. The van der Waals surface area contributed by atoms with Crippen molar-refractivity contribution in [3.63, 3.8) is 0 Å². The quantitative estimate of drug-likeness (QED) is 0.790. The van der Waals surface area contributed by atoms with E-state index >= 15 is 0 Å². The summed E-state index contributed by atoms with van der Waals surface area (Å²) in [5, 5.41) is 3.53. The maximum atomic E-state index is 12.8. The minimum Gasteiger partial charge on any atom is -0.382 e. The first-order chi connectivity index (χ1) is 6.66. The molecule has 2 unspecified atom stereocenters. The van der Waals surface area contributed by atoms with Crippen molar-refractivity contribution in [2.24, 2.45) is 5.92 Å². The number of hydrogen-bond acceptors (Lipinski definition) is 1. The van der Waals surface area contributed by atoms with Crippen molar-refractivity contribution in [3.05, 3.63) is 29.0 Å². The lowest BCUT2D eigenvalue weighted by molar-refractivity contribution is 0.303. The van der Waals surface area contributed by atoms with Crippen molar-refractivity contribution in [3.8, 4) is 0 Å². The smallest absolute Gasteiger partial charge is 0.141 e. The van der Waals surface area contributed by atoms with Crippen LogP contribution in [-0.4, -0.2) is 6.04 Å². The maximum Gasteiger partial charge on any atom is 0.141 e. The zero-order valence-corrected chi connectivity index (χ0v) is 8.81. The van der Waals surface area contributed by atoms with E-state index in [1.54, 1.807) is 12.1 Å². The molecule has 1 aliphatic carbocycles. The SMILES string of the molecule is CC1CCC1Nc1ccc(F)c(Cl)c1. The Balaban J connectivity index is 2.06. The molecular formula is C11H13ClFN. The van der Waals surface area contributed by atoms with E-state index in [0.717, 1.165) is 5.69 Å². The van der Waals surface area contributed by atoms with Gasteiger partial charge in [0.05, 0.1) is 5.02 Å². The Bertz CT molecular complexity index is 340. The molecule has 1 aliphatic rings. The summed E-state index contributed by atoms with van der Waals surface area (Å²) in [6.45, 7) is 2.21. The van der Waals surface area contributed by atoms with E-state index in [1.807, 2.05) is 0 Å². The first-order valence-corrected chi connectivity index (χ1v) is 5.26. The highest BCUT2D eigenvalue weighted by atomic mass is 35.5. The zero-order chi connectivity index (χ0) is 10.1. The minimum absolute atomic E-state index is 0.182. The van der Waals surface area contributed by atoms with Crippen LogP contribution in [0, 0.1) is 11.7 Å². The topological polar surface area (TPSA) is 12.0 Å². The Hall–Kier alpha value is -0.760. The molecule has 1 N–H and O–H groups in total. The first kappa shape index (κ1) is 9.78. The molecule has 1 aromatic carbocycles. The van der Waals surface area contributed by atoms with Crippen LogP contribution in [0.25, 0.3) is 0 Å². The molecule has 0 saturated heterocycles. The van der Waals surface area contributed by atoms with Crippen molar-refractivity contribution >= 4 is 17.3 Å². The molecule has 0 aliphatic heterocycles. The molecule has 1 nitrogen and oxygen atoms in total. The van der Waals surface area contributed by atoms with Crippen LogP contribution in [-0.2, 0) is 0 Å². The number of benzene rings is 1. The normalized spacial score (nSPS) is 25.6. The van der Waals surface area contributed by atoms with Gasteiger partial charge in [0, 0.05) is 11.7 Å². The van der Waals surface area contributed by atoms with Crippen molar-refractivity contribution in [2.75, 3.05) is 5.32 Å². The van der Waals surface area contributed by atoms with Gasteiger partial charge in [-0.25, -0.2) is 4.39 Å². The van der Waals surface area contributed by atoms with Gasteiger partial charge in [0.2, 0.25) is 0 Å². The standard InChI is InChI=1S/C11H13ClFN/c1-7-2-5-11(7)14-8-3-4-10(13)9(12)6-8/h3-4,6-7,11,14H,2,5H2,1H3. The van der Waals surface area contributed by atoms with Gasteiger partial charge in [0.15, 0.2) is 0 Å². The lowest BCUT2D eigenvalue weighted by Gasteiger charge is -2.35. The van der Waals surface area contributed by atoms with Crippen LogP contribution in [0.4, 0.5) is 10.1 Å². The van der Waals surface area contributed by atoms with Crippen LogP contribution in [0.3, 0.4) is 0 Å².